The lowest BCUT2D eigenvalue weighted by molar-refractivity contribution is -0.151. The molecular formula is C14H18O3. The highest BCUT2D eigenvalue weighted by Crippen LogP contribution is 2.22. The van der Waals surface area contributed by atoms with E-state index >= 15 is 0 Å². The third kappa shape index (κ3) is 4.04. The smallest absolute Gasteiger partial charge is 0.336 e. The van der Waals surface area contributed by atoms with E-state index in [2.05, 4.69) is 6.58 Å². The molecule has 0 unspecified atom stereocenters. The minimum absolute atomic E-state index is 0.0473. The van der Waals surface area contributed by atoms with E-state index in [1.807, 2.05) is 6.07 Å². The third-order valence-electron chi connectivity index (χ3n) is 2.11. The minimum Gasteiger partial charge on any atom is -0.457 e. The first-order chi connectivity index (χ1) is 7.81. The SMILES string of the molecule is C=C(C(=O)OC(C)(C)C)[C@@H](O)c1ccccc1. The lowest BCUT2D eigenvalue weighted by Crippen LogP contribution is -2.26. The third-order valence-corrected chi connectivity index (χ3v) is 2.11. The molecule has 0 heterocycles. The molecule has 3 heteroatoms. The van der Waals surface area contributed by atoms with Gasteiger partial charge in [0, 0.05) is 0 Å². The summed E-state index contributed by atoms with van der Waals surface area (Å²) in [5, 5.41) is 9.96. The van der Waals surface area contributed by atoms with Crippen molar-refractivity contribution in [2.75, 3.05) is 0 Å². The molecule has 0 saturated carbocycles. The monoisotopic (exact) mass is 234 g/mol. The van der Waals surface area contributed by atoms with Crippen molar-refractivity contribution in [3.63, 3.8) is 0 Å². The number of hydrogen-bond donors (Lipinski definition) is 1. The first-order valence-corrected chi connectivity index (χ1v) is 5.46. The Balaban J connectivity index is 2.74. The van der Waals surface area contributed by atoms with Gasteiger partial charge in [-0.1, -0.05) is 36.9 Å². The van der Waals surface area contributed by atoms with Gasteiger partial charge in [0.2, 0.25) is 0 Å². The van der Waals surface area contributed by atoms with Gasteiger partial charge < -0.3 is 9.84 Å². The van der Waals surface area contributed by atoms with Gasteiger partial charge in [0.15, 0.2) is 0 Å². The number of rotatable bonds is 3. The Labute approximate surface area is 102 Å². The van der Waals surface area contributed by atoms with E-state index in [9.17, 15) is 9.90 Å². The van der Waals surface area contributed by atoms with Gasteiger partial charge in [-0.25, -0.2) is 4.79 Å². The molecule has 0 aromatic heterocycles. The van der Waals surface area contributed by atoms with E-state index in [-0.39, 0.29) is 5.57 Å². The minimum atomic E-state index is -1.02. The summed E-state index contributed by atoms with van der Waals surface area (Å²) in [5.41, 5.74) is 0.0886. The summed E-state index contributed by atoms with van der Waals surface area (Å²) in [5.74, 6) is -0.575. The zero-order valence-electron chi connectivity index (χ0n) is 10.4. The highest BCUT2D eigenvalue weighted by Gasteiger charge is 2.23. The molecule has 1 rings (SSSR count). The van der Waals surface area contributed by atoms with Crippen molar-refractivity contribution in [3.8, 4) is 0 Å². The normalized spacial score (nSPS) is 12.9. The Bertz CT molecular complexity index is 401. The molecule has 0 fully saturated rings. The van der Waals surface area contributed by atoms with Crippen LogP contribution in [-0.2, 0) is 9.53 Å². The summed E-state index contributed by atoms with van der Waals surface area (Å²) in [6.45, 7) is 8.90. The molecule has 1 atom stereocenters. The number of carbonyl (C=O) groups is 1. The number of carbonyl (C=O) groups excluding carboxylic acids is 1. The van der Waals surface area contributed by atoms with Crippen LogP contribution in [0.25, 0.3) is 0 Å². The van der Waals surface area contributed by atoms with Crippen LogP contribution in [0.5, 0.6) is 0 Å². The van der Waals surface area contributed by atoms with E-state index in [0.717, 1.165) is 0 Å². The molecule has 0 aliphatic rings. The van der Waals surface area contributed by atoms with Crippen molar-refractivity contribution in [1.29, 1.82) is 0 Å². The van der Waals surface area contributed by atoms with Crippen molar-refractivity contribution in [2.24, 2.45) is 0 Å². The van der Waals surface area contributed by atoms with Crippen LogP contribution in [0.15, 0.2) is 42.5 Å². The van der Waals surface area contributed by atoms with Gasteiger partial charge in [0.05, 0.1) is 5.57 Å². The van der Waals surface area contributed by atoms with E-state index < -0.39 is 17.7 Å². The van der Waals surface area contributed by atoms with Gasteiger partial charge in [0.1, 0.15) is 11.7 Å². The molecule has 3 nitrogen and oxygen atoms in total. The second-order valence-corrected chi connectivity index (χ2v) is 4.84. The summed E-state index contributed by atoms with van der Waals surface area (Å²) < 4.78 is 5.14. The highest BCUT2D eigenvalue weighted by atomic mass is 16.6. The van der Waals surface area contributed by atoms with Gasteiger partial charge in [-0.3, -0.25) is 0 Å². The number of hydrogen-bond acceptors (Lipinski definition) is 3. The summed E-state index contributed by atoms with van der Waals surface area (Å²) in [7, 11) is 0. The van der Waals surface area contributed by atoms with Crippen LogP contribution in [0.3, 0.4) is 0 Å². The zero-order valence-corrected chi connectivity index (χ0v) is 10.4. The molecule has 17 heavy (non-hydrogen) atoms. The number of esters is 1. The predicted octanol–water partition coefficient (Wildman–Crippen LogP) is 2.62. The number of benzene rings is 1. The Morgan fingerprint density at radius 1 is 1.29 bits per heavy atom. The molecule has 1 aromatic carbocycles. The fourth-order valence-corrected chi connectivity index (χ4v) is 1.29. The average molecular weight is 234 g/mol. The van der Waals surface area contributed by atoms with E-state index in [1.165, 1.54) is 0 Å². The van der Waals surface area contributed by atoms with Gasteiger partial charge in [0.25, 0.3) is 0 Å². The van der Waals surface area contributed by atoms with E-state index in [1.54, 1.807) is 45.0 Å². The molecule has 0 bridgehead atoms. The molecule has 0 spiro atoms. The van der Waals surface area contributed by atoms with Crippen LogP contribution in [0.2, 0.25) is 0 Å². The molecule has 1 aromatic rings. The standard InChI is InChI=1S/C14H18O3/c1-10(13(16)17-14(2,3)4)12(15)11-8-6-5-7-9-11/h5-9,12,15H,1H2,2-4H3/t12-/m1/s1. The van der Waals surface area contributed by atoms with E-state index in [0.29, 0.717) is 5.56 Å². The predicted molar refractivity (Wildman–Crippen MR) is 66.4 cm³/mol. The fourth-order valence-electron chi connectivity index (χ4n) is 1.29. The summed E-state index contributed by atoms with van der Waals surface area (Å²) in [6, 6.07) is 8.90. The Hall–Kier alpha value is -1.61. The van der Waals surface area contributed by atoms with Gasteiger partial charge in [-0.2, -0.15) is 0 Å². The first-order valence-electron chi connectivity index (χ1n) is 5.46. The van der Waals surface area contributed by atoms with Crippen LogP contribution >= 0.6 is 0 Å². The fraction of sp³-hybridized carbons (Fsp3) is 0.357. The molecule has 0 aliphatic carbocycles. The molecule has 0 radical (unpaired) electrons. The molecular weight excluding hydrogens is 216 g/mol. The topological polar surface area (TPSA) is 46.5 Å². The van der Waals surface area contributed by atoms with Crippen molar-refractivity contribution in [3.05, 3.63) is 48.0 Å². The lowest BCUT2D eigenvalue weighted by atomic mass is 10.0. The zero-order chi connectivity index (χ0) is 13.1. The molecule has 1 N–H and O–H groups in total. The van der Waals surface area contributed by atoms with Crippen molar-refractivity contribution >= 4 is 5.97 Å². The number of aliphatic hydroxyl groups is 1. The van der Waals surface area contributed by atoms with Crippen molar-refractivity contribution in [2.45, 2.75) is 32.5 Å². The number of ether oxygens (including phenoxy) is 1. The van der Waals surface area contributed by atoms with Crippen molar-refractivity contribution < 1.29 is 14.6 Å². The molecule has 0 saturated heterocycles. The van der Waals surface area contributed by atoms with Gasteiger partial charge in [-0.05, 0) is 26.3 Å². The van der Waals surface area contributed by atoms with Crippen LogP contribution in [0, 0.1) is 0 Å². The lowest BCUT2D eigenvalue weighted by Gasteiger charge is -2.22. The quantitative estimate of drug-likeness (QED) is 0.646. The Kier molecular flexibility index (Phi) is 4.07. The summed E-state index contributed by atoms with van der Waals surface area (Å²) in [4.78, 5) is 11.7. The van der Waals surface area contributed by atoms with Crippen LogP contribution in [0.4, 0.5) is 0 Å². The highest BCUT2D eigenvalue weighted by molar-refractivity contribution is 5.89. The summed E-state index contributed by atoms with van der Waals surface area (Å²) >= 11 is 0. The van der Waals surface area contributed by atoms with Crippen LogP contribution in [-0.4, -0.2) is 16.7 Å². The second kappa shape index (κ2) is 5.15. The molecule has 0 amide bonds. The van der Waals surface area contributed by atoms with Crippen molar-refractivity contribution in [1.82, 2.24) is 0 Å². The van der Waals surface area contributed by atoms with Gasteiger partial charge >= 0.3 is 5.97 Å². The Morgan fingerprint density at radius 2 is 1.82 bits per heavy atom. The van der Waals surface area contributed by atoms with Crippen LogP contribution < -0.4 is 0 Å². The average Bonchev–Trinajstić information content (AvgIpc) is 2.26. The van der Waals surface area contributed by atoms with Gasteiger partial charge in [-0.15, -0.1) is 0 Å². The maximum atomic E-state index is 11.7. The molecule has 92 valence electrons. The largest absolute Gasteiger partial charge is 0.457 e. The Morgan fingerprint density at radius 3 is 2.29 bits per heavy atom. The van der Waals surface area contributed by atoms with E-state index in [4.69, 9.17) is 4.74 Å². The summed E-state index contributed by atoms with van der Waals surface area (Å²) in [6.07, 6.45) is -1.02. The number of aliphatic hydroxyl groups excluding tert-OH is 1. The molecule has 0 aliphatic heterocycles. The maximum absolute atomic E-state index is 11.7. The first kappa shape index (κ1) is 13.5. The maximum Gasteiger partial charge on any atom is 0.336 e. The second-order valence-electron chi connectivity index (χ2n) is 4.84. The van der Waals surface area contributed by atoms with Crippen LogP contribution in [0.1, 0.15) is 32.4 Å².